The van der Waals surface area contributed by atoms with E-state index in [2.05, 4.69) is 30.9 Å². The predicted molar refractivity (Wildman–Crippen MR) is 118 cm³/mol. The van der Waals surface area contributed by atoms with Gasteiger partial charge in [0.05, 0.1) is 4.90 Å². The molecule has 4 nitrogen and oxygen atoms in total. The summed E-state index contributed by atoms with van der Waals surface area (Å²) < 4.78 is 27.6. The summed E-state index contributed by atoms with van der Waals surface area (Å²) >= 11 is 5.91. The highest BCUT2D eigenvalue weighted by atomic mass is 35.5. The van der Waals surface area contributed by atoms with Crippen molar-refractivity contribution in [2.24, 2.45) is 0 Å². The van der Waals surface area contributed by atoms with E-state index in [-0.39, 0.29) is 0 Å². The molecular formula is C23H29ClN2O2S. The van der Waals surface area contributed by atoms with Crippen molar-refractivity contribution in [2.45, 2.75) is 63.6 Å². The zero-order valence-corrected chi connectivity index (χ0v) is 18.8. The van der Waals surface area contributed by atoms with Gasteiger partial charge in [-0.25, -0.2) is 8.42 Å². The third-order valence-electron chi connectivity index (χ3n) is 6.12. The van der Waals surface area contributed by atoms with Gasteiger partial charge in [-0.05, 0) is 85.3 Å². The average Bonchev–Trinajstić information content (AvgIpc) is 3.29. The van der Waals surface area contributed by atoms with Crippen LogP contribution in [0.5, 0.6) is 0 Å². The number of benzene rings is 2. The average molecular weight is 433 g/mol. The van der Waals surface area contributed by atoms with E-state index in [0.29, 0.717) is 29.0 Å². The molecule has 0 saturated carbocycles. The summed E-state index contributed by atoms with van der Waals surface area (Å²) in [5.74, 6) is 0. The van der Waals surface area contributed by atoms with Gasteiger partial charge in [0, 0.05) is 24.2 Å². The van der Waals surface area contributed by atoms with Crippen LogP contribution in [-0.4, -0.2) is 36.8 Å². The van der Waals surface area contributed by atoms with Crippen LogP contribution in [0.25, 0.3) is 0 Å². The maximum Gasteiger partial charge on any atom is 0.243 e. The van der Waals surface area contributed by atoms with Crippen LogP contribution in [0.15, 0.2) is 41.3 Å². The highest BCUT2D eigenvalue weighted by molar-refractivity contribution is 7.89. The quantitative estimate of drug-likeness (QED) is 0.640. The molecule has 2 aromatic rings. The van der Waals surface area contributed by atoms with Crippen molar-refractivity contribution in [3.8, 4) is 0 Å². The van der Waals surface area contributed by atoms with Crippen molar-refractivity contribution >= 4 is 21.6 Å². The lowest BCUT2D eigenvalue weighted by atomic mass is 10.0. The van der Waals surface area contributed by atoms with Crippen molar-refractivity contribution in [3.05, 3.63) is 63.7 Å². The Hall–Kier alpha value is -1.40. The molecule has 0 fully saturated rings. The number of hydrogen-bond acceptors (Lipinski definition) is 3. The molecule has 156 valence electrons. The first-order valence-corrected chi connectivity index (χ1v) is 12.4. The summed E-state index contributed by atoms with van der Waals surface area (Å²) in [6.07, 6.45) is 4.51. The lowest BCUT2D eigenvalue weighted by Crippen LogP contribution is -2.37. The SMILES string of the molecule is CCCN(CCC)C1Cc2cc3c(cc2C1)CN(S(=O)(=O)c1ccc(Cl)cc1)C3. The number of fused-ring (bicyclic) bond motifs is 2. The summed E-state index contributed by atoms with van der Waals surface area (Å²) in [5, 5.41) is 0.542. The van der Waals surface area contributed by atoms with Gasteiger partial charge in [-0.2, -0.15) is 4.31 Å². The summed E-state index contributed by atoms with van der Waals surface area (Å²) in [7, 11) is -3.51. The molecule has 0 amide bonds. The lowest BCUT2D eigenvalue weighted by Gasteiger charge is -2.27. The van der Waals surface area contributed by atoms with Gasteiger partial charge in [0.1, 0.15) is 0 Å². The Bertz CT molecular complexity index is 948. The number of hydrogen-bond donors (Lipinski definition) is 0. The van der Waals surface area contributed by atoms with Gasteiger partial charge in [-0.3, -0.25) is 4.90 Å². The molecule has 0 unspecified atom stereocenters. The van der Waals surface area contributed by atoms with Gasteiger partial charge in [0.25, 0.3) is 0 Å². The first kappa shape index (κ1) is 20.9. The Morgan fingerprint density at radius 3 is 1.93 bits per heavy atom. The van der Waals surface area contributed by atoms with Crippen molar-refractivity contribution in [1.29, 1.82) is 0 Å². The van der Waals surface area contributed by atoms with E-state index in [9.17, 15) is 8.42 Å². The summed E-state index contributed by atoms with van der Waals surface area (Å²) in [6, 6.07) is 11.5. The zero-order valence-electron chi connectivity index (χ0n) is 17.2. The van der Waals surface area contributed by atoms with Crippen LogP contribution in [0.1, 0.15) is 48.9 Å². The van der Waals surface area contributed by atoms with Crippen LogP contribution in [0.2, 0.25) is 5.02 Å². The number of sulfonamides is 1. The van der Waals surface area contributed by atoms with Gasteiger partial charge >= 0.3 is 0 Å². The molecule has 1 aliphatic heterocycles. The summed E-state index contributed by atoms with van der Waals surface area (Å²) in [4.78, 5) is 2.93. The Morgan fingerprint density at radius 2 is 1.45 bits per heavy atom. The van der Waals surface area contributed by atoms with Crippen LogP contribution >= 0.6 is 11.6 Å². The number of nitrogens with zero attached hydrogens (tertiary/aromatic N) is 2. The molecule has 0 bridgehead atoms. The van der Waals surface area contributed by atoms with Crippen LogP contribution in [0, 0.1) is 0 Å². The standard InChI is InChI=1S/C23H29ClN2O2S/c1-3-9-25(10-4-2)22-13-17-11-19-15-26(16-20(19)12-18(17)14-22)29(27,28)23-7-5-21(24)6-8-23/h5-8,11-12,22H,3-4,9-10,13-16H2,1-2H3. The smallest absolute Gasteiger partial charge is 0.243 e. The Kier molecular flexibility index (Phi) is 6.03. The molecular weight excluding hydrogens is 404 g/mol. The van der Waals surface area contributed by atoms with E-state index in [0.717, 1.165) is 37.1 Å². The molecule has 29 heavy (non-hydrogen) atoms. The molecule has 2 aliphatic rings. The largest absolute Gasteiger partial charge is 0.300 e. The summed E-state index contributed by atoms with van der Waals surface area (Å²) in [5.41, 5.74) is 5.10. The highest BCUT2D eigenvalue weighted by Crippen LogP contribution is 2.35. The fourth-order valence-corrected chi connectivity index (χ4v) is 6.24. The monoisotopic (exact) mass is 432 g/mol. The Balaban J connectivity index is 1.52. The Labute approximate surface area is 179 Å². The zero-order chi connectivity index (χ0) is 20.6. The van der Waals surface area contributed by atoms with Gasteiger partial charge in [0.2, 0.25) is 10.0 Å². The number of rotatable bonds is 7. The fraction of sp³-hybridized carbons (Fsp3) is 0.478. The Morgan fingerprint density at radius 1 is 0.931 bits per heavy atom. The first-order valence-electron chi connectivity index (χ1n) is 10.6. The minimum absolute atomic E-state index is 0.303. The second-order valence-electron chi connectivity index (χ2n) is 8.21. The highest BCUT2D eigenvalue weighted by Gasteiger charge is 2.33. The molecule has 0 saturated heterocycles. The van der Waals surface area contributed by atoms with Gasteiger partial charge in [-0.15, -0.1) is 0 Å². The topological polar surface area (TPSA) is 40.6 Å². The van der Waals surface area contributed by atoms with Gasteiger partial charge in [0.15, 0.2) is 0 Å². The van der Waals surface area contributed by atoms with Crippen molar-refractivity contribution in [1.82, 2.24) is 9.21 Å². The van der Waals surface area contributed by atoms with Crippen molar-refractivity contribution < 1.29 is 8.42 Å². The van der Waals surface area contributed by atoms with E-state index in [1.807, 2.05) is 0 Å². The van der Waals surface area contributed by atoms with Crippen molar-refractivity contribution in [3.63, 3.8) is 0 Å². The minimum Gasteiger partial charge on any atom is -0.300 e. The normalized spacial score (nSPS) is 17.1. The molecule has 4 rings (SSSR count). The predicted octanol–water partition coefficient (Wildman–Crippen LogP) is 4.63. The minimum atomic E-state index is -3.51. The molecule has 2 aromatic carbocycles. The third-order valence-corrected chi connectivity index (χ3v) is 8.17. The van der Waals surface area contributed by atoms with Crippen LogP contribution in [0.3, 0.4) is 0 Å². The second-order valence-corrected chi connectivity index (χ2v) is 10.6. The molecule has 0 aromatic heterocycles. The molecule has 0 radical (unpaired) electrons. The van der Waals surface area contributed by atoms with E-state index >= 15 is 0 Å². The summed E-state index contributed by atoms with van der Waals surface area (Å²) in [6.45, 7) is 7.69. The molecule has 1 heterocycles. The molecule has 1 aliphatic carbocycles. The van der Waals surface area contributed by atoms with Gasteiger partial charge in [-0.1, -0.05) is 37.6 Å². The molecule has 0 spiro atoms. The van der Waals surface area contributed by atoms with Crippen LogP contribution in [0.4, 0.5) is 0 Å². The van der Waals surface area contributed by atoms with E-state index in [1.165, 1.54) is 24.0 Å². The van der Waals surface area contributed by atoms with Crippen LogP contribution in [-0.2, 0) is 36.0 Å². The number of halogens is 1. The second kappa shape index (κ2) is 8.38. The third kappa shape index (κ3) is 4.11. The van der Waals surface area contributed by atoms with Crippen molar-refractivity contribution in [2.75, 3.05) is 13.1 Å². The van der Waals surface area contributed by atoms with E-state index < -0.39 is 10.0 Å². The van der Waals surface area contributed by atoms with Crippen LogP contribution < -0.4 is 0 Å². The molecule has 0 atom stereocenters. The van der Waals surface area contributed by atoms with Gasteiger partial charge < -0.3 is 0 Å². The molecule has 0 N–H and O–H groups in total. The fourth-order valence-electron chi connectivity index (χ4n) is 4.72. The maximum atomic E-state index is 13.0. The maximum absolute atomic E-state index is 13.0. The molecule has 6 heteroatoms. The van der Waals surface area contributed by atoms with E-state index in [1.54, 1.807) is 28.6 Å². The first-order chi connectivity index (χ1) is 13.9. The van der Waals surface area contributed by atoms with E-state index in [4.69, 9.17) is 11.6 Å². The lowest BCUT2D eigenvalue weighted by molar-refractivity contribution is 0.202.